The van der Waals surface area contributed by atoms with Crippen molar-refractivity contribution in [2.75, 3.05) is 4.72 Å². The normalized spacial score (nSPS) is 11.5. The zero-order chi connectivity index (χ0) is 13.3. The average molecular weight is 350 g/mol. The Morgan fingerprint density at radius 1 is 1.28 bits per heavy atom. The molecule has 1 aromatic carbocycles. The molecule has 0 bridgehead atoms. The second-order valence-electron chi connectivity index (χ2n) is 3.63. The van der Waals surface area contributed by atoms with Crippen molar-refractivity contribution >= 4 is 43.0 Å². The van der Waals surface area contributed by atoms with Crippen molar-refractivity contribution in [3.63, 3.8) is 0 Å². The summed E-state index contributed by atoms with van der Waals surface area (Å²) in [6.45, 7) is 1.62. The molecule has 3 nitrogen and oxygen atoms in total. The Morgan fingerprint density at radius 2 is 2.00 bits per heavy atom. The minimum absolute atomic E-state index is 0.176. The Morgan fingerprint density at radius 3 is 2.56 bits per heavy atom. The number of anilines is 1. The van der Waals surface area contributed by atoms with Crippen LogP contribution in [0.15, 0.2) is 38.3 Å². The van der Waals surface area contributed by atoms with E-state index in [0.717, 1.165) is 21.2 Å². The molecule has 2 rings (SSSR count). The van der Waals surface area contributed by atoms with E-state index in [1.807, 2.05) is 0 Å². The number of nitrogens with one attached hydrogen (secondary N) is 1. The minimum atomic E-state index is -3.65. The molecule has 1 aromatic heterocycles. The summed E-state index contributed by atoms with van der Waals surface area (Å²) in [5, 5.41) is 0. The fraction of sp³-hybridized carbons (Fsp3) is 0.0909. The fourth-order valence-corrected chi connectivity index (χ4v) is 4.36. The van der Waals surface area contributed by atoms with Gasteiger partial charge < -0.3 is 0 Å². The van der Waals surface area contributed by atoms with Crippen molar-refractivity contribution in [1.29, 1.82) is 0 Å². The average Bonchev–Trinajstić information content (AvgIpc) is 2.71. The highest BCUT2D eigenvalue weighted by atomic mass is 79.9. The number of hydrogen-bond donors (Lipinski definition) is 1. The Labute approximate surface area is 117 Å². The largest absolute Gasteiger partial charge is 0.279 e. The van der Waals surface area contributed by atoms with Gasteiger partial charge >= 0.3 is 0 Å². The molecule has 0 aliphatic rings. The van der Waals surface area contributed by atoms with Gasteiger partial charge in [0, 0.05) is 0 Å². The second kappa shape index (κ2) is 4.99. The minimum Gasteiger partial charge on any atom is -0.279 e. The number of aryl methyl sites for hydroxylation is 1. The topological polar surface area (TPSA) is 46.2 Å². The van der Waals surface area contributed by atoms with Gasteiger partial charge in [-0.3, -0.25) is 4.72 Å². The molecule has 1 heterocycles. The molecule has 0 aliphatic carbocycles. The number of hydrogen-bond acceptors (Lipinski definition) is 3. The van der Waals surface area contributed by atoms with Crippen LogP contribution in [0.5, 0.6) is 0 Å². The molecule has 0 spiro atoms. The number of sulfonamides is 1. The predicted octanol–water partition coefficient (Wildman–Crippen LogP) is 3.76. The highest BCUT2D eigenvalue weighted by molar-refractivity contribution is 9.11. The van der Waals surface area contributed by atoms with Gasteiger partial charge in [0.1, 0.15) is 10.0 Å². The van der Waals surface area contributed by atoms with Crippen molar-refractivity contribution in [1.82, 2.24) is 0 Å². The Bertz CT molecular complexity index is 682. The maximum atomic E-state index is 13.3. The summed E-state index contributed by atoms with van der Waals surface area (Å²) in [5.41, 5.74) is 0.680. The van der Waals surface area contributed by atoms with Gasteiger partial charge in [0.05, 0.1) is 9.47 Å². The van der Waals surface area contributed by atoms with Gasteiger partial charge in [0.2, 0.25) is 0 Å². The summed E-state index contributed by atoms with van der Waals surface area (Å²) in [6, 6.07) is 7.35. The third kappa shape index (κ3) is 2.90. The van der Waals surface area contributed by atoms with E-state index >= 15 is 0 Å². The molecule has 0 aliphatic heterocycles. The first-order chi connectivity index (χ1) is 8.38. The van der Waals surface area contributed by atoms with E-state index in [1.54, 1.807) is 13.0 Å². The summed E-state index contributed by atoms with van der Waals surface area (Å²) in [6.07, 6.45) is 0. The first kappa shape index (κ1) is 13.5. The fourth-order valence-electron chi connectivity index (χ4n) is 1.30. The molecule has 0 saturated heterocycles. The third-order valence-electron chi connectivity index (χ3n) is 2.24. The van der Waals surface area contributed by atoms with Crippen molar-refractivity contribution in [2.24, 2.45) is 0 Å². The lowest BCUT2D eigenvalue weighted by Crippen LogP contribution is -2.11. The molecule has 0 atom stereocenters. The van der Waals surface area contributed by atoms with Gasteiger partial charge in [0.15, 0.2) is 0 Å². The highest BCUT2D eigenvalue weighted by Gasteiger charge is 2.16. The molecule has 0 unspecified atom stereocenters. The maximum Gasteiger partial charge on any atom is 0.271 e. The molecule has 1 N–H and O–H groups in total. The Hall–Kier alpha value is -0.920. The Balaban J connectivity index is 2.30. The Kier molecular flexibility index (Phi) is 3.74. The van der Waals surface area contributed by atoms with Gasteiger partial charge in [0.25, 0.3) is 10.0 Å². The van der Waals surface area contributed by atoms with Crippen LogP contribution in [0.3, 0.4) is 0 Å². The lowest BCUT2D eigenvalue weighted by Gasteiger charge is -2.06. The smallest absolute Gasteiger partial charge is 0.271 e. The van der Waals surface area contributed by atoms with Crippen LogP contribution in [0, 0.1) is 12.7 Å². The molecule has 0 radical (unpaired) electrons. The second-order valence-corrected chi connectivity index (χ2v) is 8.00. The van der Waals surface area contributed by atoms with Crippen LogP contribution in [-0.4, -0.2) is 8.42 Å². The summed E-state index contributed by atoms with van der Waals surface area (Å²) in [5.74, 6) is -0.442. The van der Waals surface area contributed by atoms with Crippen molar-refractivity contribution < 1.29 is 12.8 Å². The molecular formula is C11H9BrFNO2S2. The monoisotopic (exact) mass is 349 g/mol. The van der Waals surface area contributed by atoms with Crippen LogP contribution in [0.1, 0.15) is 5.56 Å². The number of halogens is 2. The first-order valence-corrected chi connectivity index (χ1v) is 8.02. The summed E-state index contributed by atoms with van der Waals surface area (Å²) >= 11 is 4.29. The van der Waals surface area contributed by atoms with E-state index in [0.29, 0.717) is 5.56 Å². The molecule has 96 valence electrons. The lowest BCUT2D eigenvalue weighted by molar-refractivity contribution is 0.603. The van der Waals surface area contributed by atoms with Crippen LogP contribution in [-0.2, 0) is 10.0 Å². The molecule has 0 amide bonds. The standard InChI is InChI=1S/C11H9BrFNO2S2/c1-7-2-3-8(6-9(7)13)14-18(15,16)11-5-4-10(12)17-11/h2-6,14H,1H3. The third-order valence-corrected chi connectivity index (χ3v) is 5.73. The first-order valence-electron chi connectivity index (χ1n) is 4.93. The highest BCUT2D eigenvalue weighted by Crippen LogP contribution is 2.27. The van der Waals surface area contributed by atoms with E-state index in [4.69, 9.17) is 0 Å². The van der Waals surface area contributed by atoms with E-state index < -0.39 is 15.8 Å². The number of rotatable bonds is 3. The van der Waals surface area contributed by atoms with Crippen LogP contribution >= 0.6 is 27.3 Å². The molecule has 18 heavy (non-hydrogen) atoms. The van der Waals surface area contributed by atoms with Gasteiger partial charge in [-0.2, -0.15) is 0 Å². The van der Waals surface area contributed by atoms with Crippen LogP contribution in [0.4, 0.5) is 10.1 Å². The van der Waals surface area contributed by atoms with Gasteiger partial charge in [-0.15, -0.1) is 11.3 Å². The molecule has 7 heteroatoms. The number of benzene rings is 1. The maximum absolute atomic E-state index is 13.3. The van der Waals surface area contributed by atoms with Gasteiger partial charge in [-0.05, 0) is 52.7 Å². The van der Waals surface area contributed by atoms with Crippen LogP contribution in [0.25, 0.3) is 0 Å². The van der Waals surface area contributed by atoms with Gasteiger partial charge in [-0.25, -0.2) is 12.8 Å². The summed E-state index contributed by atoms with van der Waals surface area (Å²) < 4.78 is 40.5. The zero-order valence-corrected chi connectivity index (χ0v) is 12.5. The molecular weight excluding hydrogens is 341 g/mol. The van der Waals surface area contributed by atoms with Gasteiger partial charge in [-0.1, -0.05) is 6.07 Å². The molecule has 0 fully saturated rings. The van der Waals surface area contributed by atoms with Crippen molar-refractivity contribution in [3.8, 4) is 0 Å². The predicted molar refractivity (Wildman–Crippen MR) is 74.0 cm³/mol. The van der Waals surface area contributed by atoms with E-state index in [9.17, 15) is 12.8 Å². The molecule has 0 saturated carbocycles. The zero-order valence-electron chi connectivity index (χ0n) is 9.28. The molecule has 2 aromatic rings. The number of thiophene rings is 1. The van der Waals surface area contributed by atoms with Crippen molar-refractivity contribution in [2.45, 2.75) is 11.1 Å². The lowest BCUT2D eigenvalue weighted by atomic mass is 10.2. The van der Waals surface area contributed by atoms with E-state index in [2.05, 4.69) is 20.7 Å². The van der Waals surface area contributed by atoms with Crippen LogP contribution in [0.2, 0.25) is 0 Å². The van der Waals surface area contributed by atoms with E-state index in [-0.39, 0.29) is 9.90 Å². The van der Waals surface area contributed by atoms with Crippen molar-refractivity contribution in [3.05, 3.63) is 45.5 Å². The SMILES string of the molecule is Cc1ccc(NS(=O)(=O)c2ccc(Br)s2)cc1F. The quantitative estimate of drug-likeness (QED) is 0.916. The van der Waals surface area contributed by atoms with E-state index in [1.165, 1.54) is 18.2 Å². The van der Waals surface area contributed by atoms with Crippen LogP contribution < -0.4 is 4.72 Å². The summed E-state index contributed by atoms with van der Waals surface area (Å²) in [4.78, 5) is 0. The summed E-state index contributed by atoms with van der Waals surface area (Å²) in [7, 11) is -3.65.